The fourth-order valence-corrected chi connectivity index (χ4v) is 5.01. The Morgan fingerprint density at radius 3 is 2.59 bits per heavy atom. The number of carbonyl (C=O) groups excluding carboxylic acids is 1. The van der Waals surface area contributed by atoms with E-state index in [2.05, 4.69) is 55.2 Å². The predicted octanol–water partition coefficient (Wildman–Crippen LogP) is 5.86. The molecule has 4 rings (SSSR count). The van der Waals surface area contributed by atoms with E-state index in [0.29, 0.717) is 18.9 Å². The van der Waals surface area contributed by atoms with Gasteiger partial charge in [-0.3, -0.25) is 4.79 Å². The molecule has 1 amide bonds. The van der Waals surface area contributed by atoms with Gasteiger partial charge in [0.15, 0.2) is 0 Å². The maximum absolute atomic E-state index is 12.6. The number of amides is 1. The molecule has 180 valence electrons. The van der Waals surface area contributed by atoms with Gasteiger partial charge >= 0.3 is 0 Å². The summed E-state index contributed by atoms with van der Waals surface area (Å²) in [5.74, 6) is 1.03. The molecule has 1 aliphatic heterocycles. The zero-order chi connectivity index (χ0) is 24.2. The molecule has 2 aromatic carbocycles. The number of hydrogen-bond donors (Lipinski definition) is 1. The summed E-state index contributed by atoms with van der Waals surface area (Å²) in [5, 5.41) is 4.85. The van der Waals surface area contributed by atoms with Crippen LogP contribution in [-0.4, -0.2) is 49.0 Å². The number of nitrogens with one attached hydrogen (secondary N) is 1. The highest BCUT2D eigenvalue weighted by Crippen LogP contribution is 2.28. The summed E-state index contributed by atoms with van der Waals surface area (Å²) in [6.07, 6.45) is 4.28. The van der Waals surface area contributed by atoms with Gasteiger partial charge in [0, 0.05) is 41.6 Å². The van der Waals surface area contributed by atoms with Gasteiger partial charge < -0.3 is 15.1 Å². The lowest BCUT2D eigenvalue weighted by Gasteiger charge is -2.36. The highest BCUT2D eigenvalue weighted by molar-refractivity contribution is 6.31. The predicted molar refractivity (Wildman–Crippen MR) is 143 cm³/mol. The first kappa shape index (κ1) is 24.5. The topological polar surface area (TPSA) is 48.5 Å². The van der Waals surface area contributed by atoms with Gasteiger partial charge in [0.2, 0.25) is 5.91 Å². The van der Waals surface area contributed by atoms with Crippen LogP contribution in [0.1, 0.15) is 42.9 Å². The number of anilines is 2. The summed E-state index contributed by atoms with van der Waals surface area (Å²) in [4.78, 5) is 22.2. The number of rotatable bonds is 7. The van der Waals surface area contributed by atoms with Crippen LogP contribution in [0.15, 0.2) is 42.5 Å². The molecule has 0 unspecified atom stereocenters. The smallest absolute Gasteiger partial charge is 0.224 e. The lowest BCUT2D eigenvalue weighted by atomic mass is 10.0. The molecular formula is C28H35ClN4O. The molecule has 1 N–H and O–H groups in total. The Kier molecular flexibility index (Phi) is 7.74. The molecule has 6 heteroatoms. The van der Waals surface area contributed by atoms with Crippen LogP contribution in [0.3, 0.4) is 0 Å². The van der Waals surface area contributed by atoms with Gasteiger partial charge in [0.05, 0.1) is 5.52 Å². The van der Waals surface area contributed by atoms with Crippen LogP contribution in [0, 0.1) is 6.92 Å². The number of carbonyl (C=O) groups is 1. The van der Waals surface area contributed by atoms with Gasteiger partial charge in [-0.15, -0.1) is 0 Å². The monoisotopic (exact) mass is 478 g/mol. The van der Waals surface area contributed by atoms with Gasteiger partial charge in [-0.05, 0) is 93.7 Å². The van der Waals surface area contributed by atoms with Crippen LogP contribution in [0.25, 0.3) is 10.9 Å². The van der Waals surface area contributed by atoms with Crippen molar-refractivity contribution in [2.24, 2.45) is 0 Å². The normalized spacial score (nSPS) is 14.7. The summed E-state index contributed by atoms with van der Waals surface area (Å²) in [7, 11) is 4.32. The van der Waals surface area contributed by atoms with Crippen LogP contribution in [-0.2, 0) is 17.6 Å². The molecule has 1 aliphatic rings. The average Bonchev–Trinajstić information content (AvgIpc) is 2.83. The van der Waals surface area contributed by atoms with Gasteiger partial charge in [0.25, 0.3) is 0 Å². The molecule has 1 fully saturated rings. The Labute approximate surface area is 208 Å². The fourth-order valence-electron chi connectivity index (χ4n) is 4.71. The Morgan fingerprint density at radius 2 is 1.91 bits per heavy atom. The van der Waals surface area contributed by atoms with E-state index in [4.69, 9.17) is 16.6 Å². The highest BCUT2D eigenvalue weighted by atomic mass is 35.5. The molecule has 0 bridgehead atoms. The van der Waals surface area contributed by atoms with Crippen molar-refractivity contribution in [3.05, 3.63) is 64.2 Å². The van der Waals surface area contributed by atoms with Crippen LogP contribution >= 0.6 is 11.6 Å². The van der Waals surface area contributed by atoms with Gasteiger partial charge in [0.1, 0.15) is 5.82 Å². The number of fused-ring (bicyclic) bond motifs is 1. The minimum atomic E-state index is -0.0130. The molecule has 0 atom stereocenters. The second-order valence-corrected chi connectivity index (χ2v) is 9.95. The number of piperidine rings is 1. The lowest BCUT2D eigenvalue weighted by Crippen LogP contribution is -2.42. The molecule has 1 aromatic heterocycles. The van der Waals surface area contributed by atoms with E-state index in [1.165, 1.54) is 11.1 Å². The molecule has 2 heterocycles. The van der Waals surface area contributed by atoms with E-state index < -0.39 is 0 Å². The minimum absolute atomic E-state index is 0.0130. The molecule has 0 spiro atoms. The quantitative estimate of drug-likeness (QED) is 0.462. The first-order valence-electron chi connectivity index (χ1n) is 12.2. The number of halogens is 1. The van der Waals surface area contributed by atoms with Crippen molar-refractivity contribution >= 4 is 39.9 Å². The zero-order valence-corrected chi connectivity index (χ0v) is 21.5. The third-order valence-electron chi connectivity index (χ3n) is 6.95. The van der Waals surface area contributed by atoms with Crippen LogP contribution in [0.5, 0.6) is 0 Å². The highest BCUT2D eigenvalue weighted by Gasteiger charge is 2.22. The van der Waals surface area contributed by atoms with E-state index in [0.717, 1.165) is 65.3 Å². The third kappa shape index (κ3) is 5.70. The number of hydrogen-bond acceptors (Lipinski definition) is 4. The van der Waals surface area contributed by atoms with Gasteiger partial charge in [-0.2, -0.15) is 0 Å². The fraction of sp³-hybridized carbons (Fsp3) is 0.429. The Morgan fingerprint density at radius 1 is 1.15 bits per heavy atom. The van der Waals surface area contributed by atoms with Crippen molar-refractivity contribution in [2.75, 3.05) is 37.4 Å². The number of aryl methyl sites for hydroxylation is 3. The van der Waals surface area contributed by atoms with Crippen LogP contribution in [0.2, 0.25) is 5.02 Å². The van der Waals surface area contributed by atoms with E-state index in [1.54, 1.807) is 0 Å². The van der Waals surface area contributed by atoms with Crippen LogP contribution in [0.4, 0.5) is 11.5 Å². The van der Waals surface area contributed by atoms with Crippen molar-refractivity contribution in [3.8, 4) is 0 Å². The average molecular weight is 479 g/mol. The molecule has 0 aliphatic carbocycles. The van der Waals surface area contributed by atoms with Crippen molar-refractivity contribution in [1.29, 1.82) is 0 Å². The van der Waals surface area contributed by atoms with Crippen molar-refractivity contribution in [2.45, 2.75) is 52.0 Å². The maximum atomic E-state index is 12.6. The number of nitrogens with zero attached hydrogens (tertiary/aromatic N) is 3. The molecule has 34 heavy (non-hydrogen) atoms. The van der Waals surface area contributed by atoms with Crippen LogP contribution < -0.4 is 10.2 Å². The van der Waals surface area contributed by atoms with Crippen molar-refractivity contribution < 1.29 is 4.79 Å². The Bertz CT molecular complexity index is 1170. The summed E-state index contributed by atoms with van der Waals surface area (Å²) < 4.78 is 0. The largest absolute Gasteiger partial charge is 0.356 e. The van der Waals surface area contributed by atoms with Crippen molar-refractivity contribution in [3.63, 3.8) is 0 Å². The lowest BCUT2D eigenvalue weighted by molar-refractivity contribution is -0.116. The first-order chi connectivity index (χ1) is 16.3. The van der Waals surface area contributed by atoms with Crippen molar-refractivity contribution in [1.82, 2.24) is 9.88 Å². The second-order valence-electron chi connectivity index (χ2n) is 9.54. The standard InChI is InChI=1S/C28H35ClN4O/c1-5-20-6-7-21(25(29)17-20)8-11-28(34)30-22-9-10-26-24(18-22)19(2)16-27(31-26)33-14-12-23(13-15-33)32(3)4/h6-7,9-10,16-18,23H,5,8,11-15H2,1-4H3,(H,30,34). The summed E-state index contributed by atoms with van der Waals surface area (Å²) >= 11 is 6.38. The minimum Gasteiger partial charge on any atom is -0.356 e. The molecule has 5 nitrogen and oxygen atoms in total. The Balaban J connectivity index is 1.41. The second kappa shape index (κ2) is 10.7. The van der Waals surface area contributed by atoms with Gasteiger partial charge in [-0.1, -0.05) is 30.7 Å². The molecule has 3 aromatic rings. The van der Waals surface area contributed by atoms with Gasteiger partial charge in [-0.25, -0.2) is 4.98 Å². The Hall–Kier alpha value is -2.63. The number of benzene rings is 2. The van der Waals surface area contributed by atoms with E-state index in [9.17, 15) is 4.79 Å². The molecule has 0 saturated carbocycles. The summed E-state index contributed by atoms with van der Waals surface area (Å²) in [6, 6.07) is 14.9. The molecular weight excluding hydrogens is 444 g/mol. The number of pyridine rings is 1. The SMILES string of the molecule is CCc1ccc(CCC(=O)Nc2ccc3nc(N4CCC(N(C)C)CC4)cc(C)c3c2)c(Cl)c1. The maximum Gasteiger partial charge on any atom is 0.224 e. The molecule has 1 saturated heterocycles. The van der Waals surface area contributed by atoms with E-state index in [-0.39, 0.29) is 5.91 Å². The van der Waals surface area contributed by atoms with E-state index in [1.807, 2.05) is 30.3 Å². The summed E-state index contributed by atoms with van der Waals surface area (Å²) in [5.41, 5.74) is 5.16. The van der Waals surface area contributed by atoms with E-state index >= 15 is 0 Å². The number of aromatic nitrogens is 1. The zero-order valence-electron chi connectivity index (χ0n) is 20.7. The molecule has 0 radical (unpaired) electrons. The summed E-state index contributed by atoms with van der Waals surface area (Å²) in [6.45, 7) is 6.28. The first-order valence-corrected chi connectivity index (χ1v) is 12.6. The third-order valence-corrected chi connectivity index (χ3v) is 7.30.